The number of ether oxygens (including phenoxy) is 2. The lowest BCUT2D eigenvalue weighted by molar-refractivity contribution is -0.0378. The summed E-state index contributed by atoms with van der Waals surface area (Å²) in [6.07, 6.45) is 15.7. The standard InChI is InChI=1S/C25H38Br2O2/c1-25(29-21-13-7-3-5-11-19-27)17-16-24(22-14-8-9-15-23(22)25)28-20-12-6-2-4-10-18-26/h8-9,14-16H,2-7,10-13,17-21H2,1H3. The van der Waals surface area contributed by atoms with Gasteiger partial charge in [0.05, 0.1) is 12.2 Å². The minimum Gasteiger partial charge on any atom is -0.493 e. The highest BCUT2D eigenvalue weighted by molar-refractivity contribution is 9.09. The summed E-state index contributed by atoms with van der Waals surface area (Å²) in [5.41, 5.74) is 2.24. The van der Waals surface area contributed by atoms with Gasteiger partial charge in [0, 0.05) is 29.3 Å². The number of fused-ring (bicyclic) bond motifs is 1. The molecule has 1 aromatic rings. The molecule has 0 saturated heterocycles. The van der Waals surface area contributed by atoms with Gasteiger partial charge in [0.2, 0.25) is 0 Å². The van der Waals surface area contributed by atoms with Gasteiger partial charge < -0.3 is 9.47 Å². The molecule has 1 atom stereocenters. The van der Waals surface area contributed by atoms with Crippen molar-refractivity contribution in [3.8, 4) is 0 Å². The van der Waals surface area contributed by atoms with Crippen molar-refractivity contribution in [3.05, 3.63) is 41.5 Å². The third kappa shape index (κ3) is 8.75. The highest BCUT2D eigenvalue weighted by atomic mass is 79.9. The first-order chi connectivity index (χ1) is 14.2. The largest absolute Gasteiger partial charge is 0.493 e. The third-order valence-electron chi connectivity index (χ3n) is 5.67. The number of hydrogen-bond acceptors (Lipinski definition) is 2. The smallest absolute Gasteiger partial charge is 0.123 e. The van der Waals surface area contributed by atoms with Gasteiger partial charge in [-0.2, -0.15) is 0 Å². The van der Waals surface area contributed by atoms with E-state index >= 15 is 0 Å². The topological polar surface area (TPSA) is 18.5 Å². The fourth-order valence-corrected chi connectivity index (χ4v) is 4.67. The normalized spacial score (nSPS) is 18.4. The highest BCUT2D eigenvalue weighted by Gasteiger charge is 2.33. The van der Waals surface area contributed by atoms with E-state index < -0.39 is 0 Å². The molecule has 0 spiro atoms. The molecule has 1 aliphatic rings. The first-order valence-corrected chi connectivity index (χ1v) is 13.6. The minimum atomic E-state index is -0.241. The van der Waals surface area contributed by atoms with Crippen LogP contribution in [0, 0.1) is 0 Å². The van der Waals surface area contributed by atoms with Crippen molar-refractivity contribution in [2.45, 2.75) is 83.2 Å². The maximum atomic E-state index is 6.42. The number of unbranched alkanes of at least 4 members (excludes halogenated alkanes) is 8. The zero-order valence-electron chi connectivity index (χ0n) is 18.1. The molecule has 2 rings (SSSR count). The van der Waals surface area contributed by atoms with Crippen molar-refractivity contribution < 1.29 is 9.47 Å². The van der Waals surface area contributed by atoms with Crippen LogP contribution in [0.1, 0.15) is 88.7 Å². The SMILES string of the molecule is CC1(OCCCCCCCBr)CC=C(OCCCCCCCBr)c2ccccc21. The molecule has 0 heterocycles. The van der Waals surface area contributed by atoms with Crippen LogP contribution in [-0.2, 0) is 15.1 Å². The molecule has 0 aliphatic heterocycles. The van der Waals surface area contributed by atoms with Gasteiger partial charge in [-0.1, -0.05) is 94.7 Å². The molecule has 1 aliphatic carbocycles. The van der Waals surface area contributed by atoms with Gasteiger partial charge >= 0.3 is 0 Å². The van der Waals surface area contributed by atoms with E-state index in [1.54, 1.807) is 0 Å². The summed E-state index contributed by atoms with van der Waals surface area (Å²) in [7, 11) is 0. The fraction of sp³-hybridized carbons (Fsp3) is 0.680. The van der Waals surface area contributed by atoms with Crippen molar-refractivity contribution >= 4 is 37.6 Å². The Balaban J connectivity index is 1.80. The number of halogens is 2. The predicted molar refractivity (Wildman–Crippen MR) is 132 cm³/mol. The van der Waals surface area contributed by atoms with E-state index in [1.807, 2.05) is 0 Å². The molecule has 0 radical (unpaired) electrons. The molecule has 0 N–H and O–H groups in total. The van der Waals surface area contributed by atoms with E-state index in [9.17, 15) is 0 Å². The Bertz CT molecular complexity index is 602. The van der Waals surface area contributed by atoms with Crippen LogP contribution in [0.15, 0.2) is 30.3 Å². The molecule has 4 heteroatoms. The third-order valence-corrected chi connectivity index (χ3v) is 6.79. The van der Waals surface area contributed by atoms with Crippen LogP contribution in [-0.4, -0.2) is 23.9 Å². The van der Waals surface area contributed by atoms with Gasteiger partial charge in [-0.25, -0.2) is 0 Å². The van der Waals surface area contributed by atoms with Gasteiger partial charge in [-0.15, -0.1) is 0 Å². The quantitative estimate of drug-likeness (QED) is 0.158. The molecule has 29 heavy (non-hydrogen) atoms. The lowest BCUT2D eigenvalue weighted by Crippen LogP contribution is -2.30. The minimum absolute atomic E-state index is 0.241. The zero-order valence-corrected chi connectivity index (χ0v) is 21.2. The number of hydrogen-bond donors (Lipinski definition) is 0. The van der Waals surface area contributed by atoms with Crippen LogP contribution >= 0.6 is 31.9 Å². The van der Waals surface area contributed by atoms with E-state index in [4.69, 9.17) is 9.47 Å². The van der Waals surface area contributed by atoms with Gasteiger partial charge in [-0.3, -0.25) is 0 Å². The lowest BCUT2D eigenvalue weighted by Gasteiger charge is -2.35. The Hall–Kier alpha value is -0.320. The van der Waals surface area contributed by atoms with E-state index in [2.05, 4.69) is 69.1 Å². The second-order valence-corrected chi connectivity index (χ2v) is 9.75. The molecule has 0 aromatic heterocycles. The van der Waals surface area contributed by atoms with E-state index in [-0.39, 0.29) is 5.60 Å². The van der Waals surface area contributed by atoms with Crippen molar-refractivity contribution in [1.29, 1.82) is 0 Å². The van der Waals surface area contributed by atoms with Gasteiger partial charge in [-0.05, 0) is 44.2 Å². The van der Waals surface area contributed by atoms with Gasteiger partial charge in [0.1, 0.15) is 5.76 Å². The van der Waals surface area contributed by atoms with Crippen LogP contribution in [0.4, 0.5) is 0 Å². The second kappa shape index (κ2) is 14.6. The van der Waals surface area contributed by atoms with E-state index in [0.717, 1.165) is 48.9 Å². The van der Waals surface area contributed by atoms with E-state index in [0.29, 0.717) is 0 Å². The maximum Gasteiger partial charge on any atom is 0.123 e. The Morgan fingerprint density at radius 2 is 1.38 bits per heavy atom. The second-order valence-electron chi connectivity index (χ2n) is 8.16. The molecule has 0 saturated carbocycles. The van der Waals surface area contributed by atoms with Crippen LogP contribution < -0.4 is 0 Å². The molecular formula is C25H38Br2O2. The molecule has 0 fully saturated rings. The molecule has 1 aromatic carbocycles. The monoisotopic (exact) mass is 528 g/mol. The summed E-state index contributed by atoms with van der Waals surface area (Å²) in [5, 5.41) is 2.23. The number of alkyl halides is 2. The average molecular weight is 530 g/mol. The Kier molecular flexibility index (Phi) is 12.6. The summed E-state index contributed by atoms with van der Waals surface area (Å²) >= 11 is 7.00. The summed E-state index contributed by atoms with van der Waals surface area (Å²) in [4.78, 5) is 0. The summed E-state index contributed by atoms with van der Waals surface area (Å²) in [6, 6.07) is 8.61. The van der Waals surface area contributed by atoms with Crippen LogP contribution in [0.2, 0.25) is 0 Å². The van der Waals surface area contributed by atoms with Crippen LogP contribution in [0.25, 0.3) is 5.76 Å². The number of benzene rings is 1. The molecule has 1 unspecified atom stereocenters. The van der Waals surface area contributed by atoms with Crippen molar-refractivity contribution in [1.82, 2.24) is 0 Å². The number of rotatable bonds is 16. The van der Waals surface area contributed by atoms with Crippen LogP contribution in [0.5, 0.6) is 0 Å². The van der Waals surface area contributed by atoms with Crippen molar-refractivity contribution in [3.63, 3.8) is 0 Å². The molecule has 0 amide bonds. The lowest BCUT2D eigenvalue weighted by atomic mass is 9.83. The summed E-state index contributed by atoms with van der Waals surface area (Å²) < 4.78 is 12.6. The van der Waals surface area contributed by atoms with Crippen LogP contribution in [0.3, 0.4) is 0 Å². The Morgan fingerprint density at radius 3 is 2.07 bits per heavy atom. The highest BCUT2D eigenvalue weighted by Crippen LogP contribution is 2.40. The maximum absolute atomic E-state index is 6.42. The average Bonchev–Trinajstić information content (AvgIpc) is 2.74. The fourth-order valence-electron chi connectivity index (χ4n) is 3.87. The van der Waals surface area contributed by atoms with Gasteiger partial charge in [0.15, 0.2) is 0 Å². The van der Waals surface area contributed by atoms with Crippen molar-refractivity contribution in [2.75, 3.05) is 23.9 Å². The Labute approximate surface area is 195 Å². The summed E-state index contributed by atoms with van der Waals surface area (Å²) in [6.45, 7) is 3.87. The first-order valence-electron chi connectivity index (χ1n) is 11.4. The zero-order chi connectivity index (χ0) is 20.8. The molecular weight excluding hydrogens is 492 g/mol. The predicted octanol–water partition coefficient (Wildman–Crippen LogP) is 8.37. The summed E-state index contributed by atoms with van der Waals surface area (Å²) in [5.74, 6) is 1.04. The van der Waals surface area contributed by atoms with Crippen molar-refractivity contribution in [2.24, 2.45) is 0 Å². The molecule has 2 nitrogen and oxygen atoms in total. The molecule has 0 bridgehead atoms. The van der Waals surface area contributed by atoms with E-state index in [1.165, 1.54) is 62.5 Å². The first kappa shape index (κ1) is 24.9. The molecule has 164 valence electrons. The Morgan fingerprint density at radius 1 is 0.793 bits per heavy atom. The van der Waals surface area contributed by atoms with Gasteiger partial charge in [0.25, 0.3) is 0 Å².